The van der Waals surface area contributed by atoms with E-state index in [1.807, 2.05) is 0 Å². The van der Waals surface area contributed by atoms with Crippen LogP contribution in [0.4, 0.5) is 0 Å². The van der Waals surface area contributed by atoms with Gasteiger partial charge in [-0.1, -0.05) is 0 Å². The van der Waals surface area contributed by atoms with E-state index in [2.05, 4.69) is 13.8 Å². The fraction of sp³-hybridized carbons (Fsp3) is 0.500. The van der Waals surface area contributed by atoms with Gasteiger partial charge >= 0.3 is 17.4 Å². The van der Waals surface area contributed by atoms with E-state index in [-0.39, 0.29) is 17.4 Å². The van der Waals surface area contributed by atoms with Crippen LogP contribution in [0.15, 0.2) is 0 Å². The monoisotopic (exact) mass is 110 g/mol. The summed E-state index contributed by atoms with van der Waals surface area (Å²) in [6.07, 6.45) is 0. The number of hydrogen-bond acceptors (Lipinski definition) is 0. The second-order valence-electron chi connectivity index (χ2n) is 0. The second kappa shape index (κ2) is 199. The Morgan fingerprint density at radius 3 is 0.800 bits per heavy atom. The van der Waals surface area contributed by atoms with Gasteiger partial charge in [0.2, 0.25) is 0 Å². The maximum absolute atomic E-state index is 3.25. The third-order valence-corrected chi connectivity index (χ3v) is 0. The average molecular weight is 110 g/mol. The van der Waals surface area contributed by atoms with Crippen molar-refractivity contribution in [1.29, 1.82) is 0 Å². The van der Waals surface area contributed by atoms with Crippen molar-refractivity contribution in [2.75, 3.05) is 0 Å². The van der Waals surface area contributed by atoms with Crippen LogP contribution in [0.1, 0.15) is 13.8 Å². The van der Waals surface area contributed by atoms with Crippen LogP contribution >= 0.6 is 0 Å². The summed E-state index contributed by atoms with van der Waals surface area (Å²) >= 11 is 0. The van der Waals surface area contributed by atoms with Crippen LogP contribution < -0.4 is 0 Å². The van der Waals surface area contributed by atoms with Crippen molar-refractivity contribution in [3.8, 4) is 0 Å². The summed E-state index contributed by atoms with van der Waals surface area (Å²) in [4.78, 5) is 0. The van der Waals surface area contributed by atoms with Gasteiger partial charge in [-0.3, -0.25) is 0 Å². The molecule has 0 unspecified atom stereocenters. The van der Waals surface area contributed by atoms with E-state index in [0.717, 1.165) is 0 Å². The molecule has 5 heavy (non-hydrogen) atoms. The van der Waals surface area contributed by atoms with Gasteiger partial charge in [-0.15, -0.1) is 0 Å². The fourth-order valence-electron chi connectivity index (χ4n) is 0. The van der Waals surface area contributed by atoms with Gasteiger partial charge in [-0.05, 0) is 0 Å². The maximum atomic E-state index is 3.25. The topological polar surface area (TPSA) is 0 Å². The molecule has 0 aromatic carbocycles. The second-order valence-corrected chi connectivity index (χ2v) is 0. The first-order valence-corrected chi connectivity index (χ1v) is 1.41. The van der Waals surface area contributed by atoms with Crippen molar-refractivity contribution in [2.45, 2.75) is 13.8 Å². The first-order chi connectivity index (χ1) is 2.00. The molecule has 1 heteroatoms. The molecule has 0 nitrogen and oxygen atoms in total. The predicted octanol–water partition coefficient (Wildman–Crippen LogP) is 1.68. The number of hydrogen-bond donors (Lipinski definition) is 0. The van der Waals surface area contributed by atoms with Gasteiger partial charge in [0.15, 0.2) is 0 Å². The molecule has 0 spiro atoms. The van der Waals surface area contributed by atoms with Crippen molar-refractivity contribution >= 4 is 0 Å². The quantitative estimate of drug-likeness (QED) is 0.416. The Bertz CT molecular complexity index is 3.61. The number of rotatable bonds is 0. The summed E-state index contributed by atoms with van der Waals surface area (Å²) in [7, 11) is 0. The summed E-state index contributed by atoms with van der Waals surface area (Å²) in [5.74, 6) is 0. The molecule has 0 saturated carbocycles. The molecule has 0 aliphatic heterocycles. The largest absolute Gasteiger partial charge is 2.00 e. The molecule has 0 saturated heterocycles. The Labute approximate surface area is 45.7 Å². The van der Waals surface area contributed by atoms with Gasteiger partial charge in [0.05, 0.1) is 0 Å². The molecule has 0 aliphatic rings. The van der Waals surface area contributed by atoms with Crippen LogP contribution in [-0.4, -0.2) is 0 Å². The third-order valence-electron chi connectivity index (χ3n) is 0. The molecule has 0 atom stereocenters. The third kappa shape index (κ3) is 103. The van der Waals surface area contributed by atoms with Crippen molar-refractivity contribution in [3.63, 3.8) is 0 Å². The first-order valence-electron chi connectivity index (χ1n) is 1.41. The molecule has 0 aromatic heterocycles. The molecule has 0 amide bonds. The molecule has 0 N–H and O–H groups in total. The van der Waals surface area contributed by atoms with E-state index in [0.29, 0.717) is 0 Å². The van der Waals surface area contributed by atoms with Crippen molar-refractivity contribution in [3.05, 3.63) is 13.8 Å². The Morgan fingerprint density at radius 2 is 0.800 bits per heavy atom. The van der Waals surface area contributed by atoms with E-state index in [1.54, 1.807) is 13.8 Å². The zero-order valence-electron chi connectivity index (χ0n) is 3.82. The van der Waals surface area contributed by atoms with Crippen molar-refractivity contribution in [1.82, 2.24) is 0 Å². The Hall–Kier alpha value is 0.532. The zero-order valence-corrected chi connectivity index (χ0v) is 5.10. The smallest absolute Gasteiger partial charge is 0.346 e. The van der Waals surface area contributed by atoms with E-state index >= 15 is 0 Å². The van der Waals surface area contributed by atoms with Crippen molar-refractivity contribution < 1.29 is 17.4 Å². The zero-order chi connectivity index (χ0) is 4.00. The summed E-state index contributed by atoms with van der Waals surface area (Å²) in [6.45, 7) is 10.0. The summed E-state index contributed by atoms with van der Waals surface area (Å²) < 4.78 is 0. The molecular weight excluding hydrogens is 100 g/mol. The molecule has 0 rings (SSSR count). The molecule has 0 radical (unpaired) electrons. The van der Waals surface area contributed by atoms with Crippen LogP contribution in [0, 0.1) is 13.8 Å². The normalized spacial score (nSPS) is 2.40. The van der Waals surface area contributed by atoms with E-state index in [4.69, 9.17) is 0 Å². The minimum atomic E-state index is 0. The summed E-state index contributed by atoms with van der Waals surface area (Å²) in [5.41, 5.74) is 0. The van der Waals surface area contributed by atoms with Crippen LogP contribution in [0.25, 0.3) is 0 Å². The standard InChI is InChI=1S/2C2H5.Cr/c2*1-2;/h2*1H2,2H3;/q2*-1;+2. The van der Waals surface area contributed by atoms with E-state index < -0.39 is 0 Å². The molecule has 0 fully saturated rings. The molecule has 0 bridgehead atoms. The van der Waals surface area contributed by atoms with Crippen LogP contribution in [-0.2, 0) is 17.4 Å². The van der Waals surface area contributed by atoms with Crippen LogP contribution in [0.3, 0.4) is 0 Å². The Morgan fingerprint density at radius 1 is 0.800 bits per heavy atom. The Balaban J connectivity index is -0.0000000133. The molecular formula is C4H10Cr. The van der Waals surface area contributed by atoms with Gasteiger partial charge in [-0.25, -0.2) is 0 Å². The van der Waals surface area contributed by atoms with E-state index in [1.165, 1.54) is 0 Å². The first kappa shape index (κ1) is 17.7. The fourth-order valence-corrected chi connectivity index (χ4v) is 0. The Kier molecular flexibility index (Phi) is 707. The van der Waals surface area contributed by atoms with Crippen LogP contribution in [0.5, 0.6) is 0 Å². The molecule has 0 aliphatic carbocycles. The van der Waals surface area contributed by atoms with Crippen molar-refractivity contribution in [2.24, 2.45) is 0 Å². The van der Waals surface area contributed by atoms with Gasteiger partial charge in [-0.2, -0.15) is 13.8 Å². The molecule has 0 heterocycles. The summed E-state index contributed by atoms with van der Waals surface area (Å²) in [6, 6.07) is 0. The van der Waals surface area contributed by atoms with Gasteiger partial charge in [0.25, 0.3) is 0 Å². The molecule has 32 valence electrons. The van der Waals surface area contributed by atoms with Crippen LogP contribution in [0.2, 0.25) is 0 Å². The van der Waals surface area contributed by atoms with E-state index in [9.17, 15) is 0 Å². The predicted molar refractivity (Wildman–Crippen MR) is 22.1 cm³/mol. The van der Waals surface area contributed by atoms with Gasteiger partial charge < -0.3 is 13.8 Å². The van der Waals surface area contributed by atoms with Gasteiger partial charge in [0, 0.05) is 0 Å². The maximum Gasteiger partial charge on any atom is 2.00 e. The SMILES string of the molecule is [CH2-]C.[CH2-]C.[Cr+2]. The average Bonchev–Trinajstić information content (AvgIpc) is 1.50. The molecule has 0 aromatic rings. The summed E-state index contributed by atoms with van der Waals surface area (Å²) in [5, 5.41) is 0. The minimum Gasteiger partial charge on any atom is -0.346 e. The van der Waals surface area contributed by atoms with Gasteiger partial charge in [0.1, 0.15) is 0 Å². The minimum absolute atomic E-state index is 0.